The van der Waals surface area contributed by atoms with Crippen molar-refractivity contribution >= 4 is 46.9 Å². The standard InChI is InChI=1S/C26H33ClN2O6.C12H16N2O4/c1-15-7-5-6-10-26(32)14-21(35-25(31)28-26)16(2)24-19(34-24)8-9-22(30)29(3)18-12-17(11-15)13-20(33-4)23(18)27;1-7(12(16)17)14(2)11(15)8-4-5-10(18-3)9(13)6-8/h5-7,12-13,16,19,21,24,32H,8-11,14H2,1-4H3,(H,28,31);4-7H,13H2,1-3H3,(H,16,17)/b6-5+,15-7+;/t16-,19?,21?,24?,26-;7-/m10/s1. The molecule has 0 aromatic heterocycles. The molecular formula is C38H49ClN4O10. The number of aliphatic hydroxyl groups is 1. The summed E-state index contributed by atoms with van der Waals surface area (Å²) >= 11 is 6.56. The van der Waals surface area contributed by atoms with E-state index in [0.717, 1.165) is 16.0 Å². The summed E-state index contributed by atoms with van der Waals surface area (Å²) in [4.78, 5) is 50.7. The lowest BCUT2D eigenvalue weighted by molar-refractivity contribution is -0.141. The van der Waals surface area contributed by atoms with Gasteiger partial charge < -0.3 is 44.7 Å². The molecule has 2 aromatic carbocycles. The van der Waals surface area contributed by atoms with E-state index >= 15 is 0 Å². The van der Waals surface area contributed by atoms with Crippen LogP contribution >= 0.6 is 11.6 Å². The number of carbonyl (C=O) groups excluding carboxylic acids is 3. The zero-order valence-electron chi connectivity index (χ0n) is 31.1. The molecule has 3 amide bonds. The van der Waals surface area contributed by atoms with E-state index in [2.05, 4.69) is 5.32 Å². The van der Waals surface area contributed by atoms with Crippen LogP contribution in [-0.4, -0.2) is 97.4 Å². The fraction of sp³-hybridized carbons (Fsp3) is 0.474. The van der Waals surface area contributed by atoms with E-state index in [1.165, 1.54) is 27.1 Å². The van der Waals surface area contributed by atoms with Crippen LogP contribution in [0.4, 0.5) is 16.2 Å². The Hall–Kier alpha value is -4.79. The molecule has 3 heterocycles. The van der Waals surface area contributed by atoms with E-state index in [1.54, 1.807) is 31.2 Å². The average Bonchev–Trinajstić information content (AvgIpc) is 3.90. The van der Waals surface area contributed by atoms with E-state index in [1.807, 2.05) is 44.2 Å². The SMILES string of the molecule is COc1cc2cc(c1Cl)N(C)C(=O)CCC1OC1[C@H](C)C1C[C@](O)(C/C=C/C=C(\C)C2)NC(=O)O1.COc1ccc(C(=O)N(C)[C@@H](C)C(=O)O)cc1N. The van der Waals surface area contributed by atoms with Gasteiger partial charge in [-0.1, -0.05) is 42.3 Å². The Morgan fingerprint density at radius 2 is 1.85 bits per heavy atom. The highest BCUT2D eigenvalue weighted by atomic mass is 35.5. The molecule has 2 fully saturated rings. The second kappa shape index (κ2) is 17.4. The number of allylic oxidation sites excluding steroid dienone is 3. The van der Waals surface area contributed by atoms with Crippen LogP contribution in [0.1, 0.15) is 62.4 Å². The number of ether oxygens (including phenoxy) is 4. The summed E-state index contributed by atoms with van der Waals surface area (Å²) in [6, 6.07) is 7.46. The number of hydrogen-bond acceptors (Lipinski definition) is 10. The number of epoxide rings is 1. The number of nitrogens with one attached hydrogen (secondary N) is 1. The van der Waals surface area contributed by atoms with Crippen molar-refractivity contribution in [2.45, 2.75) is 83.0 Å². The lowest BCUT2D eigenvalue weighted by Gasteiger charge is -2.38. The molecule has 3 aliphatic rings. The summed E-state index contributed by atoms with van der Waals surface area (Å²) in [7, 11) is 6.18. The number of methoxy groups -OCH3 is 2. The first-order chi connectivity index (χ1) is 25.0. The number of nitrogens with zero attached hydrogens (tertiary/aromatic N) is 2. The molecule has 0 aliphatic carbocycles. The molecule has 0 saturated carbocycles. The van der Waals surface area contributed by atoms with Crippen LogP contribution < -0.4 is 25.4 Å². The molecule has 2 saturated heterocycles. The number of halogens is 1. The predicted octanol–water partition coefficient (Wildman–Crippen LogP) is 4.95. The Labute approximate surface area is 314 Å². The molecule has 3 aliphatic heterocycles. The number of carboxylic acid groups (broad SMARTS) is 1. The molecule has 3 unspecified atom stereocenters. The molecule has 14 nitrogen and oxygen atoms in total. The van der Waals surface area contributed by atoms with Gasteiger partial charge >= 0.3 is 12.1 Å². The van der Waals surface area contributed by atoms with Gasteiger partial charge in [-0.05, 0) is 62.6 Å². The minimum atomic E-state index is -1.39. The Morgan fingerprint density at radius 3 is 2.49 bits per heavy atom. The number of nitrogens with two attached hydrogens (primary N) is 1. The second-order valence-corrected chi connectivity index (χ2v) is 14.0. The number of aliphatic carboxylic acids is 1. The zero-order valence-corrected chi connectivity index (χ0v) is 31.8. The van der Waals surface area contributed by atoms with Crippen molar-refractivity contribution in [3.8, 4) is 11.5 Å². The minimum Gasteiger partial charge on any atom is -0.495 e. The Kier molecular flexibility index (Phi) is 13.4. The second-order valence-electron chi connectivity index (χ2n) is 13.6. The van der Waals surface area contributed by atoms with Crippen LogP contribution in [0.5, 0.6) is 11.5 Å². The average molecular weight is 757 g/mol. The Balaban J connectivity index is 0.000000294. The number of hydrogen-bond donors (Lipinski definition) is 4. The Morgan fingerprint density at radius 1 is 1.15 bits per heavy atom. The molecule has 15 heteroatoms. The number of likely N-dealkylation sites (N-methyl/N-ethyl adjacent to an activating group) is 1. The summed E-state index contributed by atoms with van der Waals surface area (Å²) in [5, 5.41) is 22.8. The van der Waals surface area contributed by atoms with Crippen molar-refractivity contribution in [3.05, 3.63) is 70.3 Å². The van der Waals surface area contributed by atoms with Crippen molar-refractivity contribution in [3.63, 3.8) is 0 Å². The molecule has 4 bridgehead atoms. The molecule has 2 aromatic rings. The van der Waals surface area contributed by atoms with Crippen LogP contribution in [0.3, 0.4) is 0 Å². The van der Waals surface area contributed by atoms with E-state index in [0.29, 0.717) is 46.3 Å². The van der Waals surface area contributed by atoms with Crippen molar-refractivity contribution in [1.82, 2.24) is 10.2 Å². The lowest BCUT2D eigenvalue weighted by atomic mass is 9.89. The molecular weight excluding hydrogens is 708 g/mol. The van der Waals surface area contributed by atoms with E-state index in [-0.39, 0.29) is 43.3 Å². The van der Waals surface area contributed by atoms with Gasteiger partial charge in [-0.2, -0.15) is 0 Å². The highest BCUT2D eigenvalue weighted by Gasteiger charge is 2.50. The third kappa shape index (κ3) is 10.2. The molecule has 0 spiro atoms. The number of fused-ring (bicyclic) bond motifs is 5. The Bertz CT molecular complexity index is 1770. The lowest BCUT2D eigenvalue weighted by Crippen LogP contribution is -2.57. The number of nitrogen functional groups attached to an aromatic ring is 1. The monoisotopic (exact) mass is 756 g/mol. The van der Waals surface area contributed by atoms with Crippen LogP contribution in [0.15, 0.2) is 54.1 Å². The predicted molar refractivity (Wildman–Crippen MR) is 199 cm³/mol. The van der Waals surface area contributed by atoms with E-state index in [9.17, 15) is 24.3 Å². The van der Waals surface area contributed by atoms with Gasteiger partial charge in [0.25, 0.3) is 5.91 Å². The number of amides is 3. The maximum absolute atomic E-state index is 13.0. The van der Waals surface area contributed by atoms with Gasteiger partial charge in [-0.15, -0.1) is 0 Å². The third-order valence-corrected chi connectivity index (χ3v) is 10.1. The van der Waals surface area contributed by atoms with Gasteiger partial charge in [0.05, 0.1) is 37.8 Å². The van der Waals surface area contributed by atoms with Crippen molar-refractivity contribution in [2.24, 2.45) is 5.92 Å². The normalized spacial score (nSPS) is 26.5. The molecule has 288 valence electrons. The van der Waals surface area contributed by atoms with Gasteiger partial charge in [0.2, 0.25) is 5.91 Å². The first-order valence-electron chi connectivity index (χ1n) is 17.2. The van der Waals surface area contributed by atoms with Gasteiger partial charge in [0.15, 0.2) is 0 Å². The van der Waals surface area contributed by atoms with E-state index < -0.39 is 35.8 Å². The van der Waals surface area contributed by atoms with Crippen LogP contribution in [-0.2, 0) is 25.5 Å². The molecule has 5 rings (SSSR count). The quantitative estimate of drug-likeness (QED) is 0.238. The van der Waals surface area contributed by atoms with Crippen molar-refractivity contribution in [1.29, 1.82) is 0 Å². The highest BCUT2D eigenvalue weighted by Crippen LogP contribution is 2.40. The van der Waals surface area contributed by atoms with Crippen LogP contribution in [0.2, 0.25) is 5.02 Å². The van der Waals surface area contributed by atoms with Gasteiger partial charge in [0.1, 0.15) is 34.4 Å². The summed E-state index contributed by atoms with van der Waals surface area (Å²) < 4.78 is 21.8. The first kappa shape index (κ1) is 41.0. The topological polar surface area (TPSA) is 193 Å². The molecule has 0 radical (unpaired) electrons. The third-order valence-electron chi connectivity index (χ3n) is 9.73. The fourth-order valence-electron chi connectivity index (χ4n) is 6.26. The number of carboxylic acids is 1. The first-order valence-corrected chi connectivity index (χ1v) is 17.6. The summed E-state index contributed by atoms with van der Waals surface area (Å²) in [6.45, 7) is 5.38. The number of benzene rings is 2. The summed E-state index contributed by atoms with van der Waals surface area (Å²) in [5.74, 6) is -0.678. The van der Waals surface area contributed by atoms with Crippen LogP contribution in [0, 0.1) is 5.92 Å². The smallest absolute Gasteiger partial charge is 0.409 e. The van der Waals surface area contributed by atoms with Crippen molar-refractivity contribution < 1.29 is 48.3 Å². The number of alkyl carbamates (subject to hydrolysis) is 1. The van der Waals surface area contributed by atoms with Crippen LogP contribution in [0.25, 0.3) is 0 Å². The highest BCUT2D eigenvalue weighted by molar-refractivity contribution is 6.35. The van der Waals surface area contributed by atoms with Gasteiger partial charge in [-0.3, -0.25) is 14.9 Å². The molecule has 53 heavy (non-hydrogen) atoms. The fourth-order valence-corrected chi connectivity index (χ4v) is 6.58. The molecule has 5 N–H and O–H groups in total. The van der Waals surface area contributed by atoms with E-state index in [4.69, 9.17) is 41.4 Å². The number of rotatable bonds is 5. The van der Waals surface area contributed by atoms with Crippen molar-refractivity contribution in [2.75, 3.05) is 38.9 Å². The maximum Gasteiger partial charge on any atom is 0.409 e. The summed E-state index contributed by atoms with van der Waals surface area (Å²) in [5.41, 5.74) is 7.58. The summed E-state index contributed by atoms with van der Waals surface area (Å²) in [6.07, 6.45) is 6.25. The number of anilines is 2. The van der Waals surface area contributed by atoms with Gasteiger partial charge in [-0.25, -0.2) is 9.59 Å². The molecule has 6 atom stereocenters. The largest absolute Gasteiger partial charge is 0.495 e. The van der Waals surface area contributed by atoms with Gasteiger partial charge in [0, 0.05) is 44.8 Å². The minimum absolute atomic E-state index is 0.0798. The number of carbonyl (C=O) groups is 4. The maximum atomic E-state index is 13.0. The zero-order chi connectivity index (χ0) is 39.2.